The fraction of sp³-hybridized carbons (Fsp3) is 0.0408. The predicted molar refractivity (Wildman–Crippen MR) is 217 cm³/mol. The smallest absolute Gasteiger partial charge is 0.165 e. The third-order valence-electron chi connectivity index (χ3n) is 10.7. The summed E-state index contributed by atoms with van der Waals surface area (Å²) < 4.78 is 12.9. The highest BCUT2D eigenvalue weighted by molar-refractivity contribution is 6.15. The molecule has 9 aromatic rings. The maximum absolute atomic E-state index is 6.48. The molecule has 0 fully saturated rings. The van der Waals surface area contributed by atoms with Crippen molar-refractivity contribution in [3.05, 3.63) is 182 Å². The van der Waals surface area contributed by atoms with Gasteiger partial charge in [0.15, 0.2) is 17.5 Å². The van der Waals surface area contributed by atoms with E-state index in [0.29, 0.717) is 17.5 Å². The van der Waals surface area contributed by atoms with Crippen molar-refractivity contribution in [1.29, 1.82) is 0 Å². The van der Waals surface area contributed by atoms with Gasteiger partial charge in [0.1, 0.15) is 23.0 Å². The van der Waals surface area contributed by atoms with Crippen LogP contribution in [0.2, 0.25) is 0 Å². The maximum atomic E-state index is 6.48. The Kier molecular flexibility index (Phi) is 6.92. The van der Waals surface area contributed by atoms with Gasteiger partial charge >= 0.3 is 0 Å². The van der Waals surface area contributed by atoms with E-state index in [9.17, 15) is 0 Å². The molecule has 2 aliphatic rings. The van der Waals surface area contributed by atoms with Gasteiger partial charge in [0.25, 0.3) is 0 Å². The first-order chi connectivity index (χ1) is 26.7. The number of benzene rings is 7. The maximum Gasteiger partial charge on any atom is 0.165 e. The minimum atomic E-state index is 0.00594. The first kappa shape index (κ1) is 30.5. The predicted octanol–water partition coefficient (Wildman–Crippen LogP) is 12.2. The number of nitrogens with zero attached hydrogens (tertiary/aromatic N) is 3. The fourth-order valence-electron chi connectivity index (χ4n) is 8.02. The SMILES string of the molecule is C1=CC2Oc3cc(-c4ccc5oc6ccccc6c5c4-c4nc(-c5ccccc5)nc(-c5ccc6cc(-c7ccccc7)ccc6c5)n4)ccc3C2C=C1. The molecule has 11 rings (SSSR count). The Morgan fingerprint density at radius 2 is 1.13 bits per heavy atom. The summed E-state index contributed by atoms with van der Waals surface area (Å²) in [7, 11) is 0. The van der Waals surface area contributed by atoms with E-state index in [4.69, 9.17) is 24.1 Å². The minimum absolute atomic E-state index is 0.00594. The van der Waals surface area contributed by atoms with Crippen LogP contribution in [0.1, 0.15) is 11.5 Å². The third kappa shape index (κ3) is 5.05. The van der Waals surface area contributed by atoms with Crippen molar-refractivity contribution in [3.63, 3.8) is 0 Å². The van der Waals surface area contributed by atoms with Gasteiger partial charge in [0.2, 0.25) is 0 Å². The van der Waals surface area contributed by atoms with Crippen LogP contribution < -0.4 is 4.74 Å². The molecule has 2 atom stereocenters. The average molecular weight is 694 g/mol. The number of aromatic nitrogens is 3. The van der Waals surface area contributed by atoms with Crippen LogP contribution in [0.4, 0.5) is 0 Å². The van der Waals surface area contributed by atoms with E-state index in [1.165, 1.54) is 16.7 Å². The Morgan fingerprint density at radius 1 is 0.463 bits per heavy atom. The standard InChI is InChI=1S/C49H31N3O2/c1-3-11-30(12-4-1)32-19-20-34-28-36(22-21-33(34)27-32)48-50-47(31-13-5-2-6-14-31)51-49(52-48)46-37(25-26-43-45(46)40-16-8-10-18-42(40)53-43)35-23-24-39-38-15-7-9-17-41(38)54-44(39)29-35/h1-29,38,41H. The Labute approximate surface area is 311 Å². The van der Waals surface area contributed by atoms with Gasteiger partial charge in [-0.2, -0.15) is 0 Å². The molecule has 0 N–H and O–H groups in total. The zero-order chi connectivity index (χ0) is 35.6. The molecule has 0 radical (unpaired) electrons. The van der Waals surface area contributed by atoms with E-state index in [1.54, 1.807) is 0 Å². The number of fused-ring (bicyclic) bond motifs is 7. The molecule has 54 heavy (non-hydrogen) atoms. The number of rotatable bonds is 5. The summed E-state index contributed by atoms with van der Waals surface area (Å²) >= 11 is 0. The molecule has 5 heteroatoms. The average Bonchev–Trinajstić information content (AvgIpc) is 3.81. The number of ether oxygens (including phenoxy) is 1. The van der Waals surface area contributed by atoms with Gasteiger partial charge in [-0.15, -0.1) is 0 Å². The summed E-state index contributed by atoms with van der Waals surface area (Å²) in [5, 5.41) is 4.24. The first-order valence-corrected chi connectivity index (χ1v) is 18.3. The van der Waals surface area contributed by atoms with Crippen molar-refractivity contribution in [3.8, 4) is 62.2 Å². The Bertz CT molecular complexity index is 2980. The summed E-state index contributed by atoms with van der Waals surface area (Å²) in [5.41, 5.74) is 9.88. The summed E-state index contributed by atoms with van der Waals surface area (Å²) in [6.07, 6.45) is 8.52. The first-order valence-electron chi connectivity index (χ1n) is 18.3. The van der Waals surface area contributed by atoms with E-state index < -0.39 is 0 Å². The molecule has 1 aliphatic carbocycles. The number of furan rings is 1. The molecule has 1 aliphatic heterocycles. The number of hydrogen-bond donors (Lipinski definition) is 0. The second kappa shape index (κ2) is 12.2. The molecular formula is C49H31N3O2. The molecule has 3 heterocycles. The van der Waals surface area contributed by atoms with Gasteiger partial charge in [-0.05, 0) is 75.5 Å². The Hall–Kier alpha value is -7.11. The van der Waals surface area contributed by atoms with Crippen molar-refractivity contribution in [2.75, 3.05) is 0 Å². The molecule has 2 unspecified atom stereocenters. The molecule has 0 bridgehead atoms. The molecule has 0 spiro atoms. The Morgan fingerprint density at radius 3 is 1.96 bits per heavy atom. The largest absolute Gasteiger partial charge is 0.485 e. The molecule has 0 amide bonds. The molecule has 0 saturated heterocycles. The van der Waals surface area contributed by atoms with Crippen molar-refractivity contribution in [1.82, 2.24) is 15.0 Å². The fourth-order valence-corrected chi connectivity index (χ4v) is 8.02. The van der Waals surface area contributed by atoms with Crippen LogP contribution in [0, 0.1) is 0 Å². The molecular weight excluding hydrogens is 663 g/mol. The van der Waals surface area contributed by atoms with Gasteiger partial charge in [-0.3, -0.25) is 0 Å². The van der Waals surface area contributed by atoms with Crippen molar-refractivity contribution < 1.29 is 9.15 Å². The van der Waals surface area contributed by atoms with Crippen molar-refractivity contribution in [2.45, 2.75) is 12.0 Å². The van der Waals surface area contributed by atoms with E-state index in [1.807, 2.05) is 54.6 Å². The van der Waals surface area contributed by atoms with Crippen molar-refractivity contribution >= 4 is 32.7 Å². The lowest BCUT2D eigenvalue weighted by atomic mass is 9.89. The molecule has 5 nitrogen and oxygen atoms in total. The quantitative estimate of drug-likeness (QED) is 0.180. The van der Waals surface area contributed by atoms with Crippen LogP contribution >= 0.6 is 0 Å². The van der Waals surface area contributed by atoms with E-state index >= 15 is 0 Å². The van der Waals surface area contributed by atoms with E-state index in [-0.39, 0.29) is 12.0 Å². The summed E-state index contributed by atoms with van der Waals surface area (Å²) in [6.45, 7) is 0. The highest BCUT2D eigenvalue weighted by atomic mass is 16.5. The third-order valence-corrected chi connectivity index (χ3v) is 10.7. The van der Waals surface area contributed by atoms with Crippen LogP contribution in [0.15, 0.2) is 180 Å². The number of hydrogen-bond acceptors (Lipinski definition) is 5. The normalized spacial score (nSPS) is 15.8. The van der Waals surface area contributed by atoms with Crippen LogP contribution in [0.3, 0.4) is 0 Å². The van der Waals surface area contributed by atoms with Crippen molar-refractivity contribution in [2.24, 2.45) is 0 Å². The van der Waals surface area contributed by atoms with Crippen LogP contribution in [-0.4, -0.2) is 21.1 Å². The van der Waals surface area contributed by atoms with E-state index in [2.05, 4.69) is 121 Å². The summed E-state index contributed by atoms with van der Waals surface area (Å²) in [6, 6.07) is 52.5. The minimum Gasteiger partial charge on any atom is -0.485 e. The van der Waals surface area contributed by atoms with Gasteiger partial charge in [-0.1, -0.05) is 133 Å². The van der Waals surface area contributed by atoms with Crippen LogP contribution in [-0.2, 0) is 0 Å². The van der Waals surface area contributed by atoms with Gasteiger partial charge in [0, 0.05) is 38.9 Å². The molecule has 254 valence electrons. The van der Waals surface area contributed by atoms with Crippen LogP contribution in [0.5, 0.6) is 5.75 Å². The number of allylic oxidation sites excluding steroid dienone is 2. The zero-order valence-corrected chi connectivity index (χ0v) is 29.1. The highest BCUT2D eigenvalue weighted by Gasteiger charge is 2.32. The lowest BCUT2D eigenvalue weighted by Crippen LogP contribution is -2.15. The number of para-hydroxylation sites is 1. The second-order valence-electron chi connectivity index (χ2n) is 13.9. The lowest BCUT2D eigenvalue weighted by Gasteiger charge is -2.14. The monoisotopic (exact) mass is 693 g/mol. The Balaban J connectivity index is 1.13. The highest BCUT2D eigenvalue weighted by Crippen LogP contribution is 2.47. The summed E-state index contributed by atoms with van der Waals surface area (Å²) in [4.78, 5) is 15.7. The summed E-state index contributed by atoms with van der Waals surface area (Å²) in [5.74, 6) is 2.89. The molecule has 7 aromatic carbocycles. The van der Waals surface area contributed by atoms with E-state index in [0.717, 1.165) is 66.3 Å². The van der Waals surface area contributed by atoms with Gasteiger partial charge in [0.05, 0.1) is 0 Å². The second-order valence-corrected chi connectivity index (χ2v) is 13.9. The molecule has 0 saturated carbocycles. The van der Waals surface area contributed by atoms with Gasteiger partial charge in [-0.25, -0.2) is 15.0 Å². The topological polar surface area (TPSA) is 61.0 Å². The van der Waals surface area contributed by atoms with Crippen LogP contribution in [0.25, 0.3) is 89.1 Å². The molecule has 2 aromatic heterocycles. The van der Waals surface area contributed by atoms with Gasteiger partial charge < -0.3 is 9.15 Å². The lowest BCUT2D eigenvalue weighted by molar-refractivity contribution is 0.269. The zero-order valence-electron chi connectivity index (χ0n) is 29.1.